The minimum absolute atomic E-state index is 0.123. The van der Waals surface area contributed by atoms with Crippen LogP contribution in [0.5, 0.6) is 17.2 Å². The van der Waals surface area contributed by atoms with Crippen LogP contribution in [0.2, 0.25) is 5.02 Å². The van der Waals surface area contributed by atoms with Gasteiger partial charge in [0.2, 0.25) is 5.91 Å². The van der Waals surface area contributed by atoms with Gasteiger partial charge >= 0.3 is 0 Å². The maximum absolute atomic E-state index is 12.8. The number of methoxy groups -OCH3 is 1. The smallest absolute Gasteiger partial charge is 0.228 e. The third kappa shape index (κ3) is 4.85. The second-order valence-electron chi connectivity index (χ2n) is 8.04. The van der Waals surface area contributed by atoms with E-state index in [9.17, 15) is 4.79 Å². The van der Waals surface area contributed by atoms with E-state index in [1.54, 1.807) is 19.2 Å². The Morgan fingerprint density at radius 2 is 1.91 bits per heavy atom. The summed E-state index contributed by atoms with van der Waals surface area (Å²) in [6.45, 7) is 2.66. The Bertz CT molecular complexity index is 1250. The lowest BCUT2D eigenvalue weighted by Crippen LogP contribution is -2.41. The number of hydrogen-bond donors (Lipinski definition) is 1. The molecule has 0 unspecified atom stereocenters. The largest absolute Gasteiger partial charge is 0.497 e. The van der Waals surface area contributed by atoms with E-state index in [0.717, 1.165) is 22.7 Å². The molecule has 1 saturated heterocycles. The van der Waals surface area contributed by atoms with Gasteiger partial charge in [-0.15, -0.1) is 0 Å². The molecule has 0 atom stereocenters. The molecule has 1 N–H and O–H groups in total. The quantitative estimate of drug-likeness (QED) is 0.569. The molecule has 8 heteroatoms. The van der Waals surface area contributed by atoms with Gasteiger partial charge in [0.05, 0.1) is 32.3 Å². The van der Waals surface area contributed by atoms with Crippen LogP contribution in [0.15, 0.2) is 65.7 Å². The zero-order valence-corrected chi connectivity index (χ0v) is 19.5. The molecular weight excluding hydrogens is 454 g/mol. The normalized spacial score (nSPS) is 14.8. The van der Waals surface area contributed by atoms with Gasteiger partial charge in [-0.05, 0) is 54.1 Å². The number of carbonyl (C=O) groups excluding carboxylic acids is 1. The Labute approximate surface area is 202 Å². The number of fused-ring (bicyclic) bond motifs is 2. The van der Waals surface area contributed by atoms with Crippen molar-refractivity contribution in [2.75, 3.05) is 38.7 Å². The van der Waals surface area contributed by atoms with Crippen LogP contribution in [-0.2, 0) is 16.0 Å². The van der Waals surface area contributed by atoms with Crippen LogP contribution >= 0.6 is 11.6 Å². The van der Waals surface area contributed by atoms with Crippen LogP contribution in [0.3, 0.4) is 0 Å². The maximum Gasteiger partial charge on any atom is 0.228 e. The molecule has 0 bridgehead atoms. The number of aliphatic imine (C=N–C) groups is 1. The van der Waals surface area contributed by atoms with Crippen molar-refractivity contribution in [1.82, 2.24) is 4.90 Å². The molecule has 7 nitrogen and oxygen atoms in total. The summed E-state index contributed by atoms with van der Waals surface area (Å²) in [4.78, 5) is 19.9. The van der Waals surface area contributed by atoms with E-state index < -0.39 is 0 Å². The molecule has 3 aromatic rings. The number of ether oxygens (including phenoxy) is 3. The highest BCUT2D eigenvalue weighted by molar-refractivity contribution is 6.31. The van der Waals surface area contributed by atoms with Crippen LogP contribution < -0.4 is 14.8 Å². The predicted octanol–water partition coefficient (Wildman–Crippen LogP) is 5.05. The zero-order chi connectivity index (χ0) is 23.5. The van der Waals surface area contributed by atoms with Crippen LogP contribution in [0.4, 0.5) is 11.4 Å². The van der Waals surface area contributed by atoms with Gasteiger partial charge < -0.3 is 24.4 Å². The van der Waals surface area contributed by atoms with Gasteiger partial charge in [0.1, 0.15) is 23.0 Å². The molecule has 2 aliphatic heterocycles. The van der Waals surface area contributed by atoms with Gasteiger partial charge in [-0.3, -0.25) is 4.79 Å². The highest BCUT2D eigenvalue weighted by atomic mass is 35.5. The first kappa shape index (κ1) is 22.3. The Morgan fingerprint density at radius 3 is 2.74 bits per heavy atom. The predicted molar refractivity (Wildman–Crippen MR) is 132 cm³/mol. The minimum Gasteiger partial charge on any atom is -0.497 e. The molecule has 0 saturated carbocycles. The molecule has 0 aliphatic carbocycles. The van der Waals surface area contributed by atoms with Crippen molar-refractivity contribution >= 4 is 34.7 Å². The van der Waals surface area contributed by atoms with Crippen molar-refractivity contribution in [3.8, 4) is 17.2 Å². The minimum atomic E-state index is -0.123. The number of nitrogens with one attached hydrogen (secondary N) is 1. The number of hydrogen-bond acceptors (Lipinski definition) is 6. The molecule has 1 fully saturated rings. The van der Waals surface area contributed by atoms with E-state index in [2.05, 4.69) is 10.2 Å². The van der Waals surface area contributed by atoms with Crippen molar-refractivity contribution in [3.05, 3.63) is 76.8 Å². The molecule has 1 amide bonds. The van der Waals surface area contributed by atoms with Gasteiger partial charge in [0.25, 0.3) is 0 Å². The van der Waals surface area contributed by atoms with Gasteiger partial charge in [0.15, 0.2) is 5.75 Å². The molecule has 5 rings (SSSR count). The first-order valence-electron chi connectivity index (χ1n) is 11.0. The van der Waals surface area contributed by atoms with E-state index in [4.69, 9.17) is 30.8 Å². The summed E-state index contributed by atoms with van der Waals surface area (Å²) >= 11 is 6.23. The number of morpholine rings is 1. The van der Waals surface area contributed by atoms with Crippen LogP contribution in [-0.4, -0.2) is 50.1 Å². The molecule has 3 aromatic carbocycles. The Morgan fingerprint density at radius 1 is 1.09 bits per heavy atom. The summed E-state index contributed by atoms with van der Waals surface area (Å²) in [5.41, 5.74) is 3.00. The van der Waals surface area contributed by atoms with Gasteiger partial charge in [0, 0.05) is 23.8 Å². The first-order chi connectivity index (χ1) is 16.6. The van der Waals surface area contributed by atoms with E-state index in [1.165, 1.54) is 0 Å². The Hall–Kier alpha value is -3.55. The lowest BCUT2D eigenvalue weighted by molar-refractivity contribution is -0.115. The number of nitrogens with zero attached hydrogens (tertiary/aromatic N) is 2. The van der Waals surface area contributed by atoms with Crippen molar-refractivity contribution in [2.24, 2.45) is 4.99 Å². The number of rotatable bonds is 4. The molecular formula is C26H24ClN3O4. The zero-order valence-electron chi connectivity index (χ0n) is 18.7. The molecule has 0 radical (unpaired) electrons. The standard InChI is InChI=1S/C26H24ClN3O4/c1-32-20-4-2-3-17(13-20)14-25(31)28-19-6-8-23-21(16-19)26(30-9-11-33-12-10-30)29-22-15-18(27)5-7-24(22)34-23/h2-8,13,15-16H,9-12,14H2,1H3,(H,28,31). The fourth-order valence-electron chi connectivity index (χ4n) is 4.02. The number of halogens is 1. The second-order valence-corrected chi connectivity index (χ2v) is 8.47. The number of anilines is 1. The van der Waals surface area contributed by atoms with Gasteiger partial charge in [-0.25, -0.2) is 4.99 Å². The number of amidine groups is 1. The SMILES string of the molecule is COc1cccc(CC(=O)Nc2ccc3c(c2)C(N2CCOCC2)=Nc2cc(Cl)ccc2O3)c1. The van der Waals surface area contributed by atoms with Crippen LogP contribution in [0.25, 0.3) is 0 Å². The number of benzene rings is 3. The average Bonchev–Trinajstić information content (AvgIpc) is 3.01. The van der Waals surface area contributed by atoms with Gasteiger partial charge in [-0.1, -0.05) is 23.7 Å². The van der Waals surface area contributed by atoms with Crippen molar-refractivity contribution in [3.63, 3.8) is 0 Å². The van der Waals surface area contributed by atoms with E-state index in [1.807, 2.05) is 48.5 Å². The summed E-state index contributed by atoms with van der Waals surface area (Å²) in [5, 5.41) is 3.58. The van der Waals surface area contributed by atoms with Gasteiger partial charge in [-0.2, -0.15) is 0 Å². The summed E-state index contributed by atoms with van der Waals surface area (Å²) in [5.74, 6) is 2.66. The average molecular weight is 478 g/mol. The lowest BCUT2D eigenvalue weighted by Gasteiger charge is -2.30. The highest BCUT2D eigenvalue weighted by Crippen LogP contribution is 2.40. The number of carbonyl (C=O) groups is 1. The molecule has 0 aromatic heterocycles. The monoisotopic (exact) mass is 477 g/mol. The molecule has 0 spiro atoms. The molecule has 34 heavy (non-hydrogen) atoms. The summed E-state index contributed by atoms with van der Waals surface area (Å²) in [6, 6.07) is 18.5. The van der Waals surface area contributed by atoms with E-state index >= 15 is 0 Å². The fourth-order valence-corrected chi connectivity index (χ4v) is 4.18. The molecule has 174 valence electrons. The maximum atomic E-state index is 12.8. The third-order valence-electron chi connectivity index (χ3n) is 5.68. The second kappa shape index (κ2) is 9.75. The summed E-state index contributed by atoms with van der Waals surface area (Å²) < 4.78 is 17.0. The first-order valence-corrected chi connectivity index (χ1v) is 11.4. The Balaban J connectivity index is 1.45. The molecule has 2 heterocycles. The molecule has 2 aliphatic rings. The lowest BCUT2D eigenvalue weighted by atomic mass is 10.1. The van der Waals surface area contributed by atoms with Crippen molar-refractivity contribution < 1.29 is 19.0 Å². The topological polar surface area (TPSA) is 72.4 Å². The van der Waals surface area contributed by atoms with E-state index in [-0.39, 0.29) is 12.3 Å². The summed E-state index contributed by atoms with van der Waals surface area (Å²) in [6.07, 6.45) is 0.235. The number of amides is 1. The third-order valence-corrected chi connectivity index (χ3v) is 5.92. The van der Waals surface area contributed by atoms with Crippen molar-refractivity contribution in [1.29, 1.82) is 0 Å². The van der Waals surface area contributed by atoms with Crippen LogP contribution in [0, 0.1) is 0 Å². The van der Waals surface area contributed by atoms with E-state index in [0.29, 0.717) is 54.2 Å². The fraction of sp³-hybridized carbons (Fsp3) is 0.231. The highest BCUT2D eigenvalue weighted by Gasteiger charge is 2.25. The Kier molecular flexibility index (Phi) is 6.38. The van der Waals surface area contributed by atoms with Crippen molar-refractivity contribution in [2.45, 2.75) is 6.42 Å². The summed E-state index contributed by atoms with van der Waals surface area (Å²) in [7, 11) is 1.61. The van der Waals surface area contributed by atoms with Crippen LogP contribution in [0.1, 0.15) is 11.1 Å².